The van der Waals surface area contributed by atoms with E-state index in [1.54, 1.807) is 18.1 Å². The van der Waals surface area contributed by atoms with E-state index in [0.29, 0.717) is 5.25 Å². The summed E-state index contributed by atoms with van der Waals surface area (Å²) >= 11 is 1.66. The van der Waals surface area contributed by atoms with E-state index in [1.165, 1.54) is 0 Å². The van der Waals surface area contributed by atoms with E-state index < -0.39 is 0 Å². The molecule has 1 atom stereocenters. The van der Waals surface area contributed by atoms with Crippen molar-refractivity contribution in [2.75, 3.05) is 18.5 Å². The summed E-state index contributed by atoms with van der Waals surface area (Å²) in [6.07, 6.45) is 3.44. The molecule has 0 fully saturated rings. The number of rotatable bonds is 7. The minimum Gasteiger partial charge on any atom is -0.396 e. The van der Waals surface area contributed by atoms with Gasteiger partial charge in [0.1, 0.15) is 17.2 Å². The molecule has 0 saturated heterocycles. The van der Waals surface area contributed by atoms with E-state index >= 15 is 0 Å². The lowest BCUT2D eigenvalue weighted by Gasteiger charge is -2.09. The predicted molar refractivity (Wildman–Crippen MR) is 67.8 cm³/mol. The van der Waals surface area contributed by atoms with Gasteiger partial charge in [-0.1, -0.05) is 13.8 Å². The largest absolute Gasteiger partial charge is 0.396 e. The minimum atomic E-state index is 0.222. The number of hydrogen-bond acceptors (Lipinski definition) is 5. The summed E-state index contributed by atoms with van der Waals surface area (Å²) in [5.74, 6) is 0.871. The standard InChI is InChI=1S/C11H19N3OS/c1-3-5-12-10-7-11(14-8-13-10)16-9(2)4-6-15/h7-9,15H,3-6H2,1-2H3,(H,12,13,14). The van der Waals surface area contributed by atoms with Gasteiger partial charge in [0.05, 0.1) is 0 Å². The van der Waals surface area contributed by atoms with E-state index in [9.17, 15) is 0 Å². The van der Waals surface area contributed by atoms with Gasteiger partial charge in [-0.15, -0.1) is 11.8 Å². The van der Waals surface area contributed by atoms with Crippen LogP contribution < -0.4 is 5.32 Å². The van der Waals surface area contributed by atoms with Gasteiger partial charge in [0.15, 0.2) is 0 Å². The Morgan fingerprint density at radius 3 is 3.00 bits per heavy atom. The Balaban J connectivity index is 2.52. The van der Waals surface area contributed by atoms with Gasteiger partial charge in [-0.25, -0.2) is 9.97 Å². The highest BCUT2D eigenvalue weighted by atomic mass is 32.2. The van der Waals surface area contributed by atoms with Crippen LogP contribution in [-0.2, 0) is 0 Å². The van der Waals surface area contributed by atoms with E-state index in [2.05, 4.69) is 29.1 Å². The molecule has 4 nitrogen and oxygen atoms in total. The van der Waals surface area contributed by atoms with Crippen LogP contribution in [-0.4, -0.2) is 33.5 Å². The van der Waals surface area contributed by atoms with Crippen molar-refractivity contribution < 1.29 is 5.11 Å². The zero-order valence-corrected chi connectivity index (χ0v) is 10.6. The molecular formula is C11H19N3OS. The first kappa shape index (κ1) is 13.3. The van der Waals surface area contributed by atoms with E-state index in [0.717, 1.165) is 30.2 Å². The first-order valence-electron chi connectivity index (χ1n) is 5.59. The van der Waals surface area contributed by atoms with Gasteiger partial charge in [0, 0.05) is 24.5 Å². The van der Waals surface area contributed by atoms with Crippen molar-refractivity contribution >= 4 is 17.6 Å². The highest BCUT2D eigenvalue weighted by Crippen LogP contribution is 2.23. The molecule has 90 valence electrons. The lowest BCUT2D eigenvalue weighted by molar-refractivity contribution is 0.289. The van der Waals surface area contributed by atoms with Crippen molar-refractivity contribution in [3.63, 3.8) is 0 Å². The lowest BCUT2D eigenvalue weighted by Crippen LogP contribution is -2.03. The Labute approximate surface area is 101 Å². The molecule has 0 aliphatic carbocycles. The van der Waals surface area contributed by atoms with Crippen molar-refractivity contribution in [2.24, 2.45) is 0 Å². The fourth-order valence-corrected chi connectivity index (χ4v) is 2.12. The molecule has 1 heterocycles. The third-order valence-corrected chi connectivity index (χ3v) is 3.16. The molecule has 0 radical (unpaired) electrons. The minimum absolute atomic E-state index is 0.222. The second kappa shape index (κ2) is 7.46. The maximum absolute atomic E-state index is 8.83. The van der Waals surface area contributed by atoms with Crippen LogP contribution in [0.15, 0.2) is 17.4 Å². The third-order valence-electron chi connectivity index (χ3n) is 2.06. The molecule has 0 spiro atoms. The summed E-state index contributed by atoms with van der Waals surface area (Å²) in [4.78, 5) is 8.35. The average Bonchev–Trinajstić information content (AvgIpc) is 2.27. The van der Waals surface area contributed by atoms with Crippen LogP contribution in [0.1, 0.15) is 26.7 Å². The number of nitrogens with zero attached hydrogens (tertiary/aromatic N) is 2. The Morgan fingerprint density at radius 1 is 1.50 bits per heavy atom. The smallest absolute Gasteiger partial charge is 0.130 e. The van der Waals surface area contributed by atoms with Gasteiger partial charge in [-0.05, 0) is 12.8 Å². The van der Waals surface area contributed by atoms with Crippen molar-refractivity contribution in [3.8, 4) is 0 Å². The molecule has 16 heavy (non-hydrogen) atoms. The fraction of sp³-hybridized carbons (Fsp3) is 0.636. The highest BCUT2D eigenvalue weighted by molar-refractivity contribution is 7.99. The van der Waals surface area contributed by atoms with Crippen LogP contribution in [0.4, 0.5) is 5.82 Å². The zero-order valence-electron chi connectivity index (χ0n) is 9.81. The van der Waals surface area contributed by atoms with Crippen LogP contribution >= 0.6 is 11.8 Å². The van der Waals surface area contributed by atoms with E-state index in [1.807, 2.05) is 6.07 Å². The molecule has 0 saturated carbocycles. The zero-order chi connectivity index (χ0) is 11.8. The average molecular weight is 241 g/mol. The number of aliphatic hydroxyl groups is 1. The molecular weight excluding hydrogens is 222 g/mol. The third kappa shape index (κ3) is 4.81. The van der Waals surface area contributed by atoms with Gasteiger partial charge < -0.3 is 10.4 Å². The summed E-state index contributed by atoms with van der Waals surface area (Å²) in [6.45, 7) is 5.35. The topological polar surface area (TPSA) is 58.0 Å². The second-order valence-electron chi connectivity index (χ2n) is 3.61. The molecule has 5 heteroatoms. The molecule has 2 N–H and O–H groups in total. The number of anilines is 1. The Bertz CT molecular complexity index is 309. The molecule has 1 aromatic heterocycles. The van der Waals surface area contributed by atoms with Crippen molar-refractivity contribution in [1.29, 1.82) is 0 Å². The Kier molecular flexibility index (Phi) is 6.18. The lowest BCUT2D eigenvalue weighted by atomic mass is 10.3. The summed E-state index contributed by atoms with van der Waals surface area (Å²) < 4.78 is 0. The summed E-state index contributed by atoms with van der Waals surface area (Å²) in [5.41, 5.74) is 0. The van der Waals surface area contributed by atoms with Crippen LogP contribution in [0.2, 0.25) is 0 Å². The maximum atomic E-state index is 8.83. The number of aromatic nitrogens is 2. The molecule has 1 unspecified atom stereocenters. The molecule has 0 bridgehead atoms. The first-order valence-corrected chi connectivity index (χ1v) is 6.47. The monoisotopic (exact) mass is 241 g/mol. The number of hydrogen-bond donors (Lipinski definition) is 2. The van der Waals surface area contributed by atoms with Crippen LogP contribution in [0, 0.1) is 0 Å². The number of thioether (sulfide) groups is 1. The van der Waals surface area contributed by atoms with Crippen LogP contribution in [0.25, 0.3) is 0 Å². The van der Waals surface area contributed by atoms with E-state index in [-0.39, 0.29) is 6.61 Å². The normalized spacial score (nSPS) is 12.4. The maximum Gasteiger partial charge on any atom is 0.130 e. The summed E-state index contributed by atoms with van der Waals surface area (Å²) in [5, 5.41) is 13.4. The SMILES string of the molecule is CCCNc1cc(SC(C)CCO)ncn1. The number of nitrogens with one attached hydrogen (secondary N) is 1. The van der Waals surface area contributed by atoms with Crippen molar-refractivity contribution in [3.05, 3.63) is 12.4 Å². The Hall–Kier alpha value is -0.810. The number of aliphatic hydroxyl groups excluding tert-OH is 1. The van der Waals surface area contributed by atoms with Gasteiger partial charge in [-0.2, -0.15) is 0 Å². The molecule has 1 aromatic rings. The first-order chi connectivity index (χ1) is 7.76. The Morgan fingerprint density at radius 2 is 2.31 bits per heavy atom. The van der Waals surface area contributed by atoms with E-state index in [4.69, 9.17) is 5.11 Å². The highest BCUT2D eigenvalue weighted by Gasteiger charge is 2.05. The molecule has 0 amide bonds. The van der Waals surface area contributed by atoms with Crippen LogP contribution in [0.5, 0.6) is 0 Å². The second-order valence-corrected chi connectivity index (χ2v) is 5.07. The summed E-state index contributed by atoms with van der Waals surface area (Å²) in [7, 11) is 0. The summed E-state index contributed by atoms with van der Waals surface area (Å²) in [6, 6.07) is 1.95. The van der Waals surface area contributed by atoms with Gasteiger partial charge in [0.25, 0.3) is 0 Å². The molecule has 0 aromatic carbocycles. The predicted octanol–water partition coefficient (Wildman–Crippen LogP) is 2.16. The van der Waals surface area contributed by atoms with Crippen LogP contribution in [0.3, 0.4) is 0 Å². The van der Waals surface area contributed by atoms with Crippen molar-refractivity contribution in [1.82, 2.24) is 9.97 Å². The van der Waals surface area contributed by atoms with Gasteiger partial charge in [-0.3, -0.25) is 0 Å². The van der Waals surface area contributed by atoms with Gasteiger partial charge in [0.2, 0.25) is 0 Å². The molecule has 0 aliphatic heterocycles. The fourth-order valence-electron chi connectivity index (χ4n) is 1.20. The molecule has 1 rings (SSSR count). The van der Waals surface area contributed by atoms with Gasteiger partial charge >= 0.3 is 0 Å². The van der Waals surface area contributed by atoms with Crippen molar-refractivity contribution in [2.45, 2.75) is 37.0 Å². The quantitative estimate of drug-likeness (QED) is 0.566. The molecule has 0 aliphatic rings.